The van der Waals surface area contributed by atoms with E-state index in [1.165, 1.54) is 0 Å². The summed E-state index contributed by atoms with van der Waals surface area (Å²) in [4.78, 5) is 20.9. The Hall–Kier alpha value is -1.98. The maximum atomic E-state index is 12.8. The van der Waals surface area contributed by atoms with E-state index >= 15 is 0 Å². The first kappa shape index (κ1) is 10.1. The zero-order chi connectivity index (χ0) is 10.9. The summed E-state index contributed by atoms with van der Waals surface area (Å²) in [5.41, 5.74) is -1.95. The molecular weight excluding hydrogens is 198 g/mol. The molecule has 2 N–H and O–H groups in total. The smallest absolute Gasteiger partial charge is 0.339 e. The standard InChI is InChI=1S/C8H4F2O4/c9-3-1-4(7(11)12)6(8(13)14)5(10)2-3/h1-2H,(H,11,12)(H,13,14). The zero-order valence-electron chi connectivity index (χ0n) is 6.62. The molecule has 0 aromatic heterocycles. The van der Waals surface area contributed by atoms with Crippen molar-refractivity contribution in [2.75, 3.05) is 0 Å². The first-order chi connectivity index (χ1) is 6.43. The first-order valence-electron chi connectivity index (χ1n) is 3.39. The van der Waals surface area contributed by atoms with E-state index < -0.39 is 34.7 Å². The molecule has 0 saturated carbocycles. The number of carboxylic acid groups (broad SMARTS) is 2. The van der Waals surface area contributed by atoms with Gasteiger partial charge in [0.15, 0.2) is 0 Å². The molecule has 0 heterocycles. The van der Waals surface area contributed by atoms with Gasteiger partial charge in [-0.05, 0) is 6.07 Å². The highest BCUT2D eigenvalue weighted by atomic mass is 19.1. The molecule has 0 aliphatic heterocycles. The average molecular weight is 202 g/mol. The molecule has 0 aliphatic rings. The van der Waals surface area contributed by atoms with Gasteiger partial charge >= 0.3 is 11.9 Å². The van der Waals surface area contributed by atoms with Crippen molar-refractivity contribution in [3.63, 3.8) is 0 Å². The second-order valence-electron chi connectivity index (χ2n) is 2.42. The van der Waals surface area contributed by atoms with Gasteiger partial charge in [0.1, 0.15) is 17.2 Å². The van der Waals surface area contributed by atoms with Gasteiger partial charge in [-0.1, -0.05) is 0 Å². The number of benzene rings is 1. The van der Waals surface area contributed by atoms with Gasteiger partial charge in [-0.25, -0.2) is 18.4 Å². The predicted octanol–water partition coefficient (Wildman–Crippen LogP) is 1.36. The van der Waals surface area contributed by atoms with Crippen molar-refractivity contribution in [1.29, 1.82) is 0 Å². The number of hydrogen-bond acceptors (Lipinski definition) is 2. The van der Waals surface area contributed by atoms with Crippen LogP contribution in [0.25, 0.3) is 0 Å². The minimum Gasteiger partial charge on any atom is -0.478 e. The number of hydrogen-bond donors (Lipinski definition) is 2. The maximum absolute atomic E-state index is 12.8. The number of halogens is 2. The van der Waals surface area contributed by atoms with E-state index in [1.54, 1.807) is 0 Å². The molecule has 0 bridgehead atoms. The fraction of sp³-hybridized carbons (Fsp3) is 0. The zero-order valence-corrected chi connectivity index (χ0v) is 6.62. The summed E-state index contributed by atoms with van der Waals surface area (Å²) in [5.74, 6) is -5.99. The lowest BCUT2D eigenvalue weighted by atomic mass is 10.1. The Kier molecular flexibility index (Phi) is 2.46. The Bertz CT molecular complexity index is 414. The van der Waals surface area contributed by atoms with E-state index in [-0.39, 0.29) is 0 Å². The molecule has 4 nitrogen and oxygen atoms in total. The normalized spacial score (nSPS) is 9.86. The molecule has 6 heteroatoms. The van der Waals surface area contributed by atoms with Crippen LogP contribution in [0, 0.1) is 11.6 Å². The van der Waals surface area contributed by atoms with Gasteiger partial charge in [0.05, 0.1) is 5.56 Å². The highest BCUT2D eigenvalue weighted by molar-refractivity contribution is 6.01. The molecule has 0 aliphatic carbocycles. The monoisotopic (exact) mass is 202 g/mol. The van der Waals surface area contributed by atoms with Crippen molar-refractivity contribution in [2.24, 2.45) is 0 Å². The van der Waals surface area contributed by atoms with Crippen LogP contribution in [0.2, 0.25) is 0 Å². The van der Waals surface area contributed by atoms with E-state index in [9.17, 15) is 18.4 Å². The number of carboxylic acids is 2. The number of carbonyl (C=O) groups is 2. The summed E-state index contributed by atoms with van der Waals surface area (Å²) in [5, 5.41) is 16.9. The van der Waals surface area contributed by atoms with Crippen LogP contribution in [0.4, 0.5) is 8.78 Å². The minimum absolute atomic E-state index is 0.315. The van der Waals surface area contributed by atoms with Crippen LogP contribution in [-0.2, 0) is 0 Å². The predicted molar refractivity (Wildman–Crippen MR) is 40.3 cm³/mol. The van der Waals surface area contributed by atoms with E-state index in [4.69, 9.17) is 10.2 Å². The quantitative estimate of drug-likeness (QED) is 0.759. The Morgan fingerprint density at radius 1 is 1.07 bits per heavy atom. The summed E-state index contributed by atoms with van der Waals surface area (Å²) >= 11 is 0. The Morgan fingerprint density at radius 3 is 2.07 bits per heavy atom. The third-order valence-electron chi connectivity index (χ3n) is 1.50. The highest BCUT2D eigenvalue weighted by Gasteiger charge is 2.21. The second-order valence-corrected chi connectivity index (χ2v) is 2.42. The molecule has 0 amide bonds. The molecule has 0 spiro atoms. The van der Waals surface area contributed by atoms with Crippen molar-refractivity contribution in [1.82, 2.24) is 0 Å². The molecule has 0 fully saturated rings. The van der Waals surface area contributed by atoms with Crippen LogP contribution in [0.3, 0.4) is 0 Å². The van der Waals surface area contributed by atoms with E-state index in [1.807, 2.05) is 0 Å². The topological polar surface area (TPSA) is 74.6 Å². The third-order valence-corrected chi connectivity index (χ3v) is 1.50. The molecule has 1 aromatic carbocycles. The molecule has 0 unspecified atom stereocenters. The molecule has 1 rings (SSSR count). The molecule has 14 heavy (non-hydrogen) atoms. The van der Waals surface area contributed by atoms with E-state index in [2.05, 4.69) is 0 Å². The summed E-state index contributed by atoms with van der Waals surface area (Å²) in [6.45, 7) is 0. The maximum Gasteiger partial charge on any atom is 0.339 e. The van der Waals surface area contributed by atoms with Gasteiger partial charge in [0.2, 0.25) is 0 Å². The fourth-order valence-electron chi connectivity index (χ4n) is 0.960. The van der Waals surface area contributed by atoms with Crippen molar-refractivity contribution in [2.45, 2.75) is 0 Å². The number of aromatic carboxylic acids is 2. The highest BCUT2D eigenvalue weighted by Crippen LogP contribution is 2.16. The van der Waals surface area contributed by atoms with Crippen LogP contribution >= 0.6 is 0 Å². The van der Waals surface area contributed by atoms with Gasteiger partial charge in [-0.3, -0.25) is 0 Å². The van der Waals surface area contributed by atoms with E-state index in [0.29, 0.717) is 12.1 Å². The summed E-state index contributed by atoms with van der Waals surface area (Å²) in [6.07, 6.45) is 0. The summed E-state index contributed by atoms with van der Waals surface area (Å²) in [6, 6.07) is 0.769. The first-order valence-corrected chi connectivity index (χ1v) is 3.39. The van der Waals surface area contributed by atoms with Gasteiger partial charge < -0.3 is 10.2 Å². The summed E-state index contributed by atoms with van der Waals surface area (Å²) < 4.78 is 25.4. The number of rotatable bonds is 2. The SMILES string of the molecule is O=C(O)c1cc(F)cc(F)c1C(=O)O. The van der Waals surface area contributed by atoms with Gasteiger partial charge in [-0.15, -0.1) is 0 Å². The lowest BCUT2D eigenvalue weighted by Gasteiger charge is -2.02. The van der Waals surface area contributed by atoms with Crippen LogP contribution in [-0.4, -0.2) is 22.2 Å². The Labute approximate surface area is 76.4 Å². The van der Waals surface area contributed by atoms with Gasteiger partial charge in [0.25, 0.3) is 0 Å². The second kappa shape index (κ2) is 3.41. The van der Waals surface area contributed by atoms with Crippen molar-refractivity contribution in [3.8, 4) is 0 Å². The molecular formula is C8H4F2O4. The van der Waals surface area contributed by atoms with Gasteiger partial charge in [0, 0.05) is 6.07 Å². The van der Waals surface area contributed by atoms with Crippen molar-refractivity contribution >= 4 is 11.9 Å². The molecule has 0 saturated heterocycles. The lowest BCUT2D eigenvalue weighted by Crippen LogP contribution is -2.11. The average Bonchev–Trinajstić information content (AvgIpc) is 2.01. The molecule has 0 atom stereocenters. The summed E-state index contributed by atoms with van der Waals surface area (Å²) in [7, 11) is 0. The Morgan fingerprint density at radius 2 is 1.64 bits per heavy atom. The van der Waals surface area contributed by atoms with Crippen LogP contribution < -0.4 is 0 Å². The van der Waals surface area contributed by atoms with Crippen LogP contribution in [0.5, 0.6) is 0 Å². The molecule has 74 valence electrons. The van der Waals surface area contributed by atoms with Crippen LogP contribution in [0.1, 0.15) is 20.7 Å². The lowest BCUT2D eigenvalue weighted by molar-refractivity contribution is 0.0646. The van der Waals surface area contributed by atoms with E-state index in [0.717, 1.165) is 0 Å². The van der Waals surface area contributed by atoms with Gasteiger partial charge in [-0.2, -0.15) is 0 Å². The van der Waals surface area contributed by atoms with Crippen molar-refractivity contribution in [3.05, 3.63) is 34.9 Å². The fourth-order valence-corrected chi connectivity index (χ4v) is 0.960. The molecule has 1 aromatic rings. The van der Waals surface area contributed by atoms with Crippen molar-refractivity contribution < 1.29 is 28.6 Å². The Balaban J connectivity index is 3.52. The van der Waals surface area contributed by atoms with Crippen LogP contribution in [0.15, 0.2) is 12.1 Å². The molecule has 0 radical (unpaired) electrons. The minimum atomic E-state index is -1.75. The third kappa shape index (κ3) is 1.68. The largest absolute Gasteiger partial charge is 0.478 e.